The van der Waals surface area contributed by atoms with Gasteiger partial charge in [0.2, 0.25) is 20.0 Å². The Kier molecular flexibility index (Phi) is 21.5. The van der Waals surface area contributed by atoms with Crippen LogP contribution in [-0.4, -0.2) is 144 Å². The molecule has 0 saturated carbocycles. The van der Waals surface area contributed by atoms with Crippen molar-refractivity contribution in [1.82, 2.24) is 39.0 Å². The second-order valence-corrected chi connectivity index (χ2v) is 33.9. The van der Waals surface area contributed by atoms with E-state index in [9.17, 15) is 36.3 Å². The minimum absolute atomic E-state index is 0. The van der Waals surface area contributed by atoms with Crippen molar-refractivity contribution in [3.05, 3.63) is 105 Å². The molecule has 470 valence electrons. The lowest BCUT2D eigenvalue weighted by Gasteiger charge is -2.36. The Balaban J connectivity index is 0.000000198. The summed E-state index contributed by atoms with van der Waals surface area (Å²) < 4.78 is 66.1. The average molecular weight is 1300 g/mol. The zero-order chi connectivity index (χ0) is 62.0. The summed E-state index contributed by atoms with van der Waals surface area (Å²) in [6.07, 6.45) is 9.42. The number of hydrogen-bond acceptors (Lipinski definition) is 16. The number of rotatable bonds is 14. The molecule has 0 radical (unpaired) electrons. The van der Waals surface area contributed by atoms with Crippen LogP contribution >= 0.6 is 34.8 Å². The van der Waals surface area contributed by atoms with Crippen molar-refractivity contribution >= 4 is 115 Å². The number of aliphatic hydroxyl groups is 1. The van der Waals surface area contributed by atoms with E-state index >= 15 is 0 Å². The first-order valence-electron chi connectivity index (χ1n) is 28.4. The van der Waals surface area contributed by atoms with Crippen molar-refractivity contribution < 1.29 is 45.5 Å². The standard InChI is InChI=1S/C26H43N5O3Si.C23H27ClN6O4S.C8H7Cl2NO3S.CH4/c1-25(2,3)34-24(32)30-15-10-9-12-21(30)20-17-23-27-22(29-13-11-14-29)16-19(31(23)28-20)18-33-35(7,8)26(4,5)6;1-35(33,34)27-18-7-6-15(24)11-17(18)23(32)29-10-3-2-5-20(29)19-13-22-25-21(28-8-4-9-28)12-16(14-31)30(22)26-19;1-15(13,14)11-7-3-2-5(9)4-6(7)8(10)12;/h16-17,21H,9-15,18H2,1-8H3;6-7,11-13,20,27,31H,2-5,8-10,14H2,1H3;2-4,11H,1H3;1H4/t21-;20-;;/m00../s1. The molecule has 2 amide bonds. The maximum atomic E-state index is 13.7. The molecule has 2 aromatic carbocycles. The molecule has 86 heavy (non-hydrogen) atoms. The smallest absolute Gasteiger partial charge is 0.410 e. The molecule has 6 aromatic rings. The van der Waals surface area contributed by atoms with Crippen LogP contribution in [0.3, 0.4) is 0 Å². The molecule has 22 nitrogen and oxygen atoms in total. The number of hydrogen-bond donors (Lipinski definition) is 3. The number of sulfonamides is 2. The van der Waals surface area contributed by atoms with Crippen LogP contribution < -0.4 is 19.2 Å². The molecule has 0 aliphatic carbocycles. The van der Waals surface area contributed by atoms with E-state index in [0.29, 0.717) is 53.2 Å². The van der Waals surface area contributed by atoms with E-state index < -0.39 is 39.2 Å². The first-order valence-corrected chi connectivity index (χ1v) is 36.2. The van der Waals surface area contributed by atoms with Crippen LogP contribution in [0.25, 0.3) is 11.3 Å². The highest BCUT2D eigenvalue weighted by atomic mass is 35.5. The molecule has 4 aromatic heterocycles. The minimum Gasteiger partial charge on any atom is -0.444 e. The number of benzene rings is 2. The van der Waals surface area contributed by atoms with Crippen LogP contribution in [0.4, 0.5) is 27.8 Å². The highest BCUT2D eigenvalue weighted by Crippen LogP contribution is 2.39. The van der Waals surface area contributed by atoms with Gasteiger partial charge >= 0.3 is 6.09 Å². The van der Waals surface area contributed by atoms with Gasteiger partial charge in [-0.05, 0) is 138 Å². The van der Waals surface area contributed by atoms with Gasteiger partial charge in [0.1, 0.15) is 17.2 Å². The summed E-state index contributed by atoms with van der Waals surface area (Å²) >= 11 is 17.1. The van der Waals surface area contributed by atoms with Crippen molar-refractivity contribution in [2.24, 2.45) is 0 Å². The molecule has 28 heteroatoms. The predicted molar refractivity (Wildman–Crippen MR) is 341 cm³/mol. The molecule has 4 aliphatic heterocycles. The number of nitrogens with one attached hydrogen (secondary N) is 2. The number of carbonyl (C=O) groups excluding carboxylic acids is 3. The summed E-state index contributed by atoms with van der Waals surface area (Å²) in [4.78, 5) is 55.4. The summed E-state index contributed by atoms with van der Waals surface area (Å²) in [6, 6.07) is 16.1. The average Bonchev–Trinajstić information content (AvgIpc) is 2.20. The lowest BCUT2D eigenvalue weighted by molar-refractivity contribution is 0.00893. The zero-order valence-corrected chi connectivity index (χ0v) is 54.7. The molecule has 0 unspecified atom stereocenters. The molecule has 2 atom stereocenters. The number of halogens is 3. The first kappa shape index (κ1) is 67.7. The van der Waals surface area contributed by atoms with Crippen molar-refractivity contribution in [1.29, 1.82) is 0 Å². The number of anilines is 4. The lowest BCUT2D eigenvalue weighted by atomic mass is 9.98. The van der Waals surface area contributed by atoms with Gasteiger partial charge in [0.25, 0.3) is 11.1 Å². The largest absolute Gasteiger partial charge is 0.444 e. The third-order valence-electron chi connectivity index (χ3n) is 15.5. The molecule has 4 aliphatic rings. The normalized spacial score (nSPS) is 17.5. The number of likely N-dealkylation sites (tertiary alicyclic amines) is 2. The molecule has 0 bridgehead atoms. The summed E-state index contributed by atoms with van der Waals surface area (Å²) in [6.45, 7) is 22.5. The molecule has 0 spiro atoms. The Morgan fingerprint density at radius 2 is 1.10 bits per heavy atom. The first-order chi connectivity index (χ1) is 39.8. The number of nitrogens with zero attached hydrogens (tertiary/aromatic N) is 10. The fourth-order valence-electron chi connectivity index (χ4n) is 9.87. The Morgan fingerprint density at radius 3 is 1.55 bits per heavy atom. The van der Waals surface area contributed by atoms with Crippen LogP contribution in [0.1, 0.15) is 156 Å². The lowest BCUT2D eigenvalue weighted by Crippen LogP contribution is -2.42. The zero-order valence-electron chi connectivity index (χ0n) is 49.8. The van der Waals surface area contributed by atoms with E-state index in [0.717, 1.165) is 106 Å². The fourth-order valence-corrected chi connectivity index (χ4v) is 12.5. The monoisotopic (exact) mass is 1300 g/mol. The van der Waals surface area contributed by atoms with Gasteiger partial charge in [-0.2, -0.15) is 10.2 Å². The van der Waals surface area contributed by atoms with Crippen LogP contribution in [0.15, 0.2) is 60.7 Å². The fraction of sp³-hybridized carbons (Fsp3) is 0.534. The summed E-state index contributed by atoms with van der Waals surface area (Å²) in [7, 11) is -8.97. The maximum absolute atomic E-state index is 13.7. The van der Waals surface area contributed by atoms with E-state index in [-0.39, 0.29) is 65.7 Å². The number of aliphatic hydroxyl groups excluding tert-OH is 1. The summed E-state index contributed by atoms with van der Waals surface area (Å²) in [5.74, 6) is 1.47. The van der Waals surface area contributed by atoms with Gasteiger partial charge in [-0.1, -0.05) is 51.4 Å². The van der Waals surface area contributed by atoms with E-state index in [2.05, 4.69) is 59.2 Å². The molecule has 3 N–H and O–H groups in total. The highest BCUT2D eigenvalue weighted by molar-refractivity contribution is 7.92. The van der Waals surface area contributed by atoms with Crippen LogP contribution in [0.5, 0.6) is 0 Å². The van der Waals surface area contributed by atoms with E-state index in [1.54, 1.807) is 15.5 Å². The number of fused-ring (bicyclic) bond motifs is 2. The number of aromatic nitrogens is 6. The van der Waals surface area contributed by atoms with Crippen LogP contribution in [-0.2, 0) is 42.4 Å². The summed E-state index contributed by atoms with van der Waals surface area (Å²) in [5, 5.41) is 19.7. The maximum Gasteiger partial charge on any atom is 0.410 e. The van der Waals surface area contributed by atoms with Gasteiger partial charge in [0, 0.05) is 73.6 Å². The molecule has 4 saturated heterocycles. The van der Waals surface area contributed by atoms with Crippen molar-refractivity contribution in [3.63, 3.8) is 0 Å². The van der Waals surface area contributed by atoms with Crippen molar-refractivity contribution in [2.45, 2.75) is 149 Å². The Labute approximate surface area is 521 Å². The molecule has 4 fully saturated rings. The summed E-state index contributed by atoms with van der Waals surface area (Å²) in [5.41, 5.74) is 4.60. The Morgan fingerprint density at radius 1 is 0.651 bits per heavy atom. The molecule has 10 rings (SSSR count). The topological polar surface area (TPSA) is 256 Å². The highest BCUT2D eigenvalue weighted by Gasteiger charge is 2.39. The number of carbonyl (C=O) groups is 3. The van der Waals surface area contributed by atoms with Gasteiger partial charge < -0.3 is 29.0 Å². The van der Waals surface area contributed by atoms with Crippen LogP contribution in [0, 0.1) is 0 Å². The van der Waals surface area contributed by atoms with E-state index in [1.807, 2.05) is 48.4 Å². The van der Waals surface area contributed by atoms with Gasteiger partial charge in [-0.3, -0.25) is 23.9 Å². The van der Waals surface area contributed by atoms with E-state index in [1.165, 1.54) is 36.8 Å². The third kappa shape index (κ3) is 16.9. The minimum atomic E-state index is -3.59. The molecular weight excluding hydrogens is 1220 g/mol. The van der Waals surface area contributed by atoms with Crippen molar-refractivity contribution in [3.8, 4) is 0 Å². The second-order valence-electron chi connectivity index (χ2n) is 24.4. The van der Waals surface area contributed by atoms with Gasteiger partial charge in [-0.25, -0.2) is 40.6 Å². The quantitative estimate of drug-likeness (QED) is 0.0677. The number of amides is 2. The predicted octanol–water partition coefficient (Wildman–Crippen LogP) is 11.5. The Bertz CT molecular complexity index is 3680. The van der Waals surface area contributed by atoms with Crippen molar-refractivity contribution in [2.75, 3.05) is 71.0 Å². The number of piperidine rings is 2. The van der Waals surface area contributed by atoms with Gasteiger partial charge in [0.15, 0.2) is 19.6 Å². The number of ether oxygens (including phenoxy) is 1. The SMILES string of the molecule is C.CC(C)(C)OC(=O)N1CCCC[C@H]1c1cc2nc(N3CCC3)cc(CO[Si](C)(C)C(C)(C)C)n2n1.CS(=O)(=O)Nc1ccc(Cl)cc1C(=O)Cl.CS(=O)(=O)Nc1ccc(Cl)cc1C(=O)N1CCCC[C@H]1c1cc2nc(N3CCC3)cc(CO)n2n1. The molecular formula is C58H81Cl3N12O10S2Si. The molecule has 8 heterocycles. The van der Waals surface area contributed by atoms with Gasteiger partial charge in [0.05, 0.1) is 83.1 Å². The second kappa shape index (κ2) is 27.3. The van der Waals surface area contributed by atoms with E-state index in [4.69, 9.17) is 64.1 Å². The Hall–Kier alpha value is -5.80. The third-order valence-corrected chi connectivity index (χ3v) is 21.8. The van der Waals surface area contributed by atoms with Crippen LogP contribution in [0.2, 0.25) is 28.2 Å². The van der Waals surface area contributed by atoms with Gasteiger partial charge in [-0.15, -0.1) is 0 Å².